The van der Waals surface area contributed by atoms with Crippen molar-refractivity contribution in [1.82, 2.24) is 14.9 Å². The molecular weight excluding hydrogens is 322 g/mol. The first-order valence-corrected chi connectivity index (χ1v) is 9.16. The van der Waals surface area contributed by atoms with E-state index in [1.165, 1.54) is 11.1 Å². The summed E-state index contributed by atoms with van der Waals surface area (Å²) in [5.74, 6) is 1.05. The maximum Gasteiger partial charge on any atom is 0.243 e. The molecule has 134 valence electrons. The largest absolute Gasteiger partial charge is 0.353 e. The van der Waals surface area contributed by atoms with Gasteiger partial charge in [0.15, 0.2) is 0 Å². The van der Waals surface area contributed by atoms with Gasteiger partial charge in [0, 0.05) is 19.5 Å². The van der Waals surface area contributed by atoms with E-state index in [1.54, 1.807) is 12.2 Å². The Balaban J connectivity index is 1.69. The smallest absolute Gasteiger partial charge is 0.243 e. The maximum atomic E-state index is 11.5. The van der Waals surface area contributed by atoms with Crippen molar-refractivity contribution < 1.29 is 4.79 Å². The van der Waals surface area contributed by atoms with E-state index in [0.717, 1.165) is 37.1 Å². The second-order valence-corrected chi connectivity index (χ2v) is 6.30. The summed E-state index contributed by atoms with van der Waals surface area (Å²) in [6.45, 7) is 3.41. The van der Waals surface area contributed by atoms with E-state index in [2.05, 4.69) is 52.3 Å². The molecule has 4 heteroatoms. The van der Waals surface area contributed by atoms with Crippen LogP contribution in [0, 0.1) is 0 Å². The molecule has 0 aliphatic rings. The van der Waals surface area contributed by atoms with Gasteiger partial charge in [-0.2, -0.15) is 0 Å². The monoisotopic (exact) mass is 347 g/mol. The molecule has 0 aliphatic heterocycles. The van der Waals surface area contributed by atoms with Gasteiger partial charge < -0.3 is 9.88 Å². The van der Waals surface area contributed by atoms with Gasteiger partial charge in [-0.15, -0.1) is 0 Å². The van der Waals surface area contributed by atoms with Crippen LogP contribution in [0.15, 0.2) is 66.7 Å². The van der Waals surface area contributed by atoms with E-state index in [0.29, 0.717) is 6.54 Å². The van der Waals surface area contributed by atoms with Crippen LogP contribution < -0.4 is 5.32 Å². The summed E-state index contributed by atoms with van der Waals surface area (Å²) in [5, 5.41) is 2.90. The van der Waals surface area contributed by atoms with Gasteiger partial charge in [0.1, 0.15) is 5.82 Å². The van der Waals surface area contributed by atoms with Crippen molar-refractivity contribution in [2.24, 2.45) is 0 Å². The zero-order valence-corrected chi connectivity index (χ0v) is 15.2. The molecule has 1 heterocycles. The first kappa shape index (κ1) is 17.9. The van der Waals surface area contributed by atoms with Gasteiger partial charge in [0.2, 0.25) is 5.91 Å². The summed E-state index contributed by atoms with van der Waals surface area (Å²) in [6, 6.07) is 18.8. The average Bonchev–Trinajstić information content (AvgIpc) is 3.02. The Labute approximate surface area is 154 Å². The number of carbonyl (C=O) groups is 1. The van der Waals surface area contributed by atoms with Crippen molar-refractivity contribution >= 4 is 16.9 Å². The molecule has 0 spiro atoms. The minimum absolute atomic E-state index is 0.0370. The van der Waals surface area contributed by atoms with Crippen molar-refractivity contribution in [2.75, 3.05) is 6.54 Å². The zero-order chi connectivity index (χ0) is 18.2. The molecule has 3 rings (SSSR count). The van der Waals surface area contributed by atoms with Crippen LogP contribution in [-0.2, 0) is 24.2 Å². The van der Waals surface area contributed by atoms with Crippen molar-refractivity contribution in [3.8, 4) is 0 Å². The van der Waals surface area contributed by atoms with Crippen LogP contribution in [0.1, 0.15) is 24.7 Å². The molecule has 0 radical (unpaired) electrons. The van der Waals surface area contributed by atoms with Gasteiger partial charge in [-0.1, -0.05) is 48.5 Å². The highest BCUT2D eigenvalue weighted by molar-refractivity contribution is 5.87. The van der Waals surface area contributed by atoms with Crippen LogP contribution in [0.4, 0.5) is 0 Å². The Morgan fingerprint density at radius 1 is 1.08 bits per heavy atom. The number of carbonyl (C=O) groups excluding carboxylic acids is 1. The quantitative estimate of drug-likeness (QED) is 0.496. The Hall–Kier alpha value is -2.88. The number of fused-ring (bicyclic) bond motifs is 1. The minimum Gasteiger partial charge on any atom is -0.353 e. The van der Waals surface area contributed by atoms with Gasteiger partial charge in [-0.05, 0) is 43.5 Å². The number of hydrogen-bond donors (Lipinski definition) is 1. The predicted molar refractivity (Wildman–Crippen MR) is 106 cm³/mol. The molecule has 1 amide bonds. The minimum atomic E-state index is -0.0370. The van der Waals surface area contributed by atoms with Crippen molar-refractivity contribution in [3.05, 3.63) is 78.1 Å². The molecule has 1 N–H and O–H groups in total. The maximum absolute atomic E-state index is 11.5. The number of aryl methyl sites for hydroxylation is 3. The van der Waals surface area contributed by atoms with Crippen LogP contribution in [0.3, 0.4) is 0 Å². The normalized spacial score (nSPS) is 11.3. The number of rotatable bonds is 8. The van der Waals surface area contributed by atoms with Gasteiger partial charge in [0.25, 0.3) is 0 Å². The lowest BCUT2D eigenvalue weighted by Crippen LogP contribution is -2.22. The Morgan fingerprint density at radius 3 is 2.65 bits per heavy atom. The third-order valence-corrected chi connectivity index (χ3v) is 4.39. The highest BCUT2D eigenvalue weighted by Gasteiger charge is 2.10. The van der Waals surface area contributed by atoms with Crippen LogP contribution in [0.5, 0.6) is 0 Å². The van der Waals surface area contributed by atoms with Crippen LogP contribution in [0.25, 0.3) is 11.0 Å². The molecule has 2 aromatic carbocycles. The van der Waals surface area contributed by atoms with Crippen LogP contribution >= 0.6 is 0 Å². The number of imidazole rings is 1. The highest BCUT2D eigenvalue weighted by atomic mass is 16.1. The number of nitrogens with one attached hydrogen (secondary N) is 1. The highest BCUT2D eigenvalue weighted by Crippen LogP contribution is 2.18. The molecule has 0 fully saturated rings. The van der Waals surface area contributed by atoms with E-state index < -0.39 is 0 Å². The Bertz CT molecular complexity index is 881. The summed E-state index contributed by atoms with van der Waals surface area (Å²) >= 11 is 0. The van der Waals surface area contributed by atoms with E-state index in [9.17, 15) is 4.79 Å². The zero-order valence-electron chi connectivity index (χ0n) is 15.2. The summed E-state index contributed by atoms with van der Waals surface area (Å²) in [5.41, 5.74) is 3.54. The van der Waals surface area contributed by atoms with E-state index in [4.69, 9.17) is 4.98 Å². The third-order valence-electron chi connectivity index (χ3n) is 4.39. The molecule has 0 aliphatic carbocycles. The van der Waals surface area contributed by atoms with Gasteiger partial charge in [0.05, 0.1) is 11.0 Å². The predicted octanol–water partition coefficient (Wildman–Crippen LogP) is 3.90. The second kappa shape index (κ2) is 8.99. The summed E-state index contributed by atoms with van der Waals surface area (Å²) in [7, 11) is 0. The number of benzene rings is 2. The lowest BCUT2D eigenvalue weighted by Gasteiger charge is -2.10. The summed E-state index contributed by atoms with van der Waals surface area (Å²) in [4.78, 5) is 16.3. The lowest BCUT2D eigenvalue weighted by atomic mass is 10.1. The molecule has 0 saturated carbocycles. The molecule has 0 saturated heterocycles. The SMILES string of the molecule is C/C=C\C(=O)NCCCc1nc2ccccc2n1CCc1ccccc1. The number of amides is 1. The number of hydrogen-bond acceptors (Lipinski definition) is 2. The van der Waals surface area contributed by atoms with Gasteiger partial charge in [-0.25, -0.2) is 4.98 Å². The number of allylic oxidation sites excluding steroid dienone is 1. The second-order valence-electron chi connectivity index (χ2n) is 6.30. The van der Waals surface area contributed by atoms with Gasteiger partial charge in [-0.3, -0.25) is 4.79 Å². The topological polar surface area (TPSA) is 46.9 Å². The molecule has 1 aromatic heterocycles. The third kappa shape index (κ3) is 4.60. The molecule has 4 nitrogen and oxygen atoms in total. The number of nitrogens with zero attached hydrogens (tertiary/aromatic N) is 2. The Morgan fingerprint density at radius 2 is 1.85 bits per heavy atom. The molecule has 0 unspecified atom stereocenters. The molecule has 0 atom stereocenters. The van der Waals surface area contributed by atoms with Gasteiger partial charge >= 0.3 is 0 Å². The first-order chi connectivity index (χ1) is 12.8. The molecular formula is C22H25N3O. The fourth-order valence-electron chi connectivity index (χ4n) is 3.12. The first-order valence-electron chi connectivity index (χ1n) is 9.16. The molecule has 0 bridgehead atoms. The van der Waals surface area contributed by atoms with Crippen molar-refractivity contribution in [3.63, 3.8) is 0 Å². The average molecular weight is 347 g/mol. The standard InChI is InChI=1S/C22H25N3O/c1-2-9-22(26)23-16-8-14-21-24-19-12-6-7-13-20(19)25(21)17-15-18-10-4-3-5-11-18/h2-7,9-13H,8,14-17H2,1H3,(H,23,26)/b9-2-. The van der Waals surface area contributed by atoms with Crippen molar-refractivity contribution in [1.29, 1.82) is 0 Å². The van der Waals surface area contributed by atoms with E-state index in [-0.39, 0.29) is 5.91 Å². The number of para-hydroxylation sites is 2. The molecule has 26 heavy (non-hydrogen) atoms. The fraction of sp³-hybridized carbons (Fsp3) is 0.273. The summed E-state index contributed by atoms with van der Waals surface area (Å²) in [6.07, 6.45) is 6.00. The van der Waals surface area contributed by atoms with Crippen LogP contribution in [-0.4, -0.2) is 22.0 Å². The summed E-state index contributed by atoms with van der Waals surface area (Å²) < 4.78 is 2.32. The number of aromatic nitrogens is 2. The van der Waals surface area contributed by atoms with E-state index >= 15 is 0 Å². The van der Waals surface area contributed by atoms with Crippen molar-refractivity contribution in [2.45, 2.75) is 32.7 Å². The lowest BCUT2D eigenvalue weighted by molar-refractivity contribution is -0.116. The van der Waals surface area contributed by atoms with Crippen LogP contribution in [0.2, 0.25) is 0 Å². The molecule has 3 aromatic rings. The van der Waals surface area contributed by atoms with E-state index in [1.807, 2.05) is 19.1 Å². The Kier molecular flexibility index (Phi) is 6.20. The fourth-order valence-corrected chi connectivity index (χ4v) is 3.12.